The number of ketones is 1. The number of hydrogen-bond acceptors (Lipinski definition) is 5. The van der Waals surface area contributed by atoms with Crippen LogP contribution in [0.5, 0.6) is 0 Å². The van der Waals surface area contributed by atoms with Crippen LogP contribution in [-0.2, 0) is 6.54 Å². The monoisotopic (exact) mass is 292 g/mol. The number of amides is 1. The second kappa shape index (κ2) is 5.87. The summed E-state index contributed by atoms with van der Waals surface area (Å²) in [5.41, 5.74) is 7.12. The van der Waals surface area contributed by atoms with Gasteiger partial charge in [-0.25, -0.2) is 4.98 Å². The van der Waals surface area contributed by atoms with Gasteiger partial charge in [-0.05, 0) is 12.5 Å². The normalized spacial score (nSPS) is 10.5. The molecule has 20 heavy (non-hydrogen) atoms. The van der Waals surface area contributed by atoms with Gasteiger partial charge >= 0.3 is 0 Å². The molecule has 0 atom stereocenters. The molecule has 0 unspecified atom stereocenters. The van der Waals surface area contributed by atoms with Crippen LogP contribution in [-0.4, -0.2) is 21.2 Å². The Bertz CT molecular complexity index is 645. The molecule has 1 amide bonds. The molecule has 0 aromatic carbocycles. The van der Waals surface area contributed by atoms with Crippen molar-refractivity contribution in [2.45, 2.75) is 26.8 Å². The van der Waals surface area contributed by atoms with Crippen molar-refractivity contribution < 1.29 is 9.59 Å². The van der Waals surface area contributed by atoms with Crippen LogP contribution in [0.3, 0.4) is 0 Å². The Hall–Kier alpha value is -2.15. The van der Waals surface area contributed by atoms with Crippen LogP contribution < -0.4 is 11.1 Å². The molecule has 0 saturated heterocycles. The molecule has 106 valence electrons. The number of nitrogens with zero attached hydrogens (tertiary/aromatic N) is 2. The van der Waals surface area contributed by atoms with Crippen LogP contribution in [0.4, 0.5) is 10.8 Å². The van der Waals surface area contributed by atoms with Gasteiger partial charge < -0.3 is 10.3 Å². The fourth-order valence-electron chi connectivity index (χ4n) is 1.80. The zero-order chi connectivity index (χ0) is 14.7. The summed E-state index contributed by atoms with van der Waals surface area (Å²) >= 11 is 1.22. The molecule has 3 N–H and O–H groups in total. The number of anilines is 2. The molecule has 0 radical (unpaired) electrons. The van der Waals surface area contributed by atoms with E-state index in [0.29, 0.717) is 22.2 Å². The van der Waals surface area contributed by atoms with Gasteiger partial charge in [-0.15, -0.1) is 11.3 Å². The number of nitrogen functional groups attached to an aromatic ring is 1. The number of carbonyl (C=O) groups is 2. The van der Waals surface area contributed by atoms with Gasteiger partial charge in [0.15, 0.2) is 10.9 Å². The molecule has 7 heteroatoms. The van der Waals surface area contributed by atoms with Gasteiger partial charge in [-0.1, -0.05) is 6.92 Å². The SMILES string of the molecule is CCCn1cc(N)cc1C(=O)Nc1nc(C(C)=O)cs1. The number of carbonyl (C=O) groups excluding carboxylic acids is 2. The van der Waals surface area contributed by atoms with Crippen molar-refractivity contribution in [2.75, 3.05) is 11.1 Å². The number of aryl methyl sites for hydroxylation is 1. The summed E-state index contributed by atoms with van der Waals surface area (Å²) in [6.45, 7) is 4.18. The minimum atomic E-state index is -0.278. The number of aromatic nitrogens is 2. The highest BCUT2D eigenvalue weighted by Crippen LogP contribution is 2.18. The summed E-state index contributed by atoms with van der Waals surface area (Å²) < 4.78 is 1.81. The van der Waals surface area contributed by atoms with E-state index < -0.39 is 0 Å². The Morgan fingerprint density at radius 1 is 1.50 bits per heavy atom. The quantitative estimate of drug-likeness (QED) is 0.828. The highest BCUT2D eigenvalue weighted by molar-refractivity contribution is 7.14. The first-order valence-electron chi connectivity index (χ1n) is 6.24. The molecule has 2 rings (SSSR count). The van der Waals surface area contributed by atoms with Crippen molar-refractivity contribution >= 4 is 33.8 Å². The fourth-order valence-corrected chi connectivity index (χ4v) is 2.55. The molecule has 0 aliphatic rings. The summed E-state index contributed by atoms with van der Waals surface area (Å²) in [7, 11) is 0. The van der Waals surface area contributed by atoms with Gasteiger partial charge in [0.25, 0.3) is 5.91 Å². The second-order valence-electron chi connectivity index (χ2n) is 4.40. The topological polar surface area (TPSA) is 90.0 Å². The Balaban J connectivity index is 2.16. The molecule has 6 nitrogen and oxygen atoms in total. The maximum absolute atomic E-state index is 12.2. The third-order valence-electron chi connectivity index (χ3n) is 2.70. The predicted molar refractivity (Wildman–Crippen MR) is 79.2 cm³/mol. The number of rotatable bonds is 5. The van der Waals surface area contributed by atoms with E-state index in [0.717, 1.165) is 13.0 Å². The summed E-state index contributed by atoms with van der Waals surface area (Å²) in [5.74, 6) is -0.403. The third-order valence-corrected chi connectivity index (χ3v) is 3.46. The zero-order valence-corrected chi connectivity index (χ0v) is 12.2. The third kappa shape index (κ3) is 3.05. The van der Waals surface area contributed by atoms with Gasteiger partial charge in [0, 0.05) is 25.0 Å². The lowest BCUT2D eigenvalue weighted by Gasteiger charge is -2.06. The van der Waals surface area contributed by atoms with Crippen LogP contribution in [0.25, 0.3) is 0 Å². The van der Waals surface area contributed by atoms with Crippen molar-refractivity contribution in [3.63, 3.8) is 0 Å². The molecule has 2 aromatic heterocycles. The fraction of sp³-hybridized carbons (Fsp3) is 0.308. The smallest absolute Gasteiger partial charge is 0.274 e. The maximum atomic E-state index is 12.2. The summed E-state index contributed by atoms with van der Waals surface area (Å²) in [6.07, 6.45) is 2.64. The maximum Gasteiger partial charge on any atom is 0.274 e. The first-order chi connectivity index (χ1) is 9.51. The van der Waals surface area contributed by atoms with E-state index in [-0.39, 0.29) is 11.7 Å². The van der Waals surface area contributed by atoms with Gasteiger partial charge in [-0.3, -0.25) is 14.9 Å². The molecule has 2 heterocycles. The lowest BCUT2D eigenvalue weighted by molar-refractivity contribution is 0.1000. The van der Waals surface area contributed by atoms with E-state index in [1.807, 2.05) is 11.5 Å². The van der Waals surface area contributed by atoms with Gasteiger partial charge in [0.1, 0.15) is 11.4 Å². The average molecular weight is 292 g/mol. The summed E-state index contributed by atoms with van der Waals surface area (Å²) in [5, 5.41) is 4.71. The summed E-state index contributed by atoms with van der Waals surface area (Å²) in [6, 6.07) is 1.63. The number of nitrogens with two attached hydrogens (primary N) is 1. The van der Waals surface area contributed by atoms with Crippen molar-refractivity contribution in [1.29, 1.82) is 0 Å². The van der Waals surface area contributed by atoms with E-state index in [4.69, 9.17) is 5.73 Å². The largest absolute Gasteiger partial charge is 0.397 e. The molecule has 0 aliphatic carbocycles. The highest BCUT2D eigenvalue weighted by atomic mass is 32.1. The van der Waals surface area contributed by atoms with Gasteiger partial charge in [-0.2, -0.15) is 0 Å². The number of Topliss-reactive ketones (excluding diaryl/α,β-unsaturated/α-hetero) is 1. The van der Waals surface area contributed by atoms with Crippen molar-refractivity contribution in [3.8, 4) is 0 Å². The van der Waals surface area contributed by atoms with Gasteiger partial charge in [0.2, 0.25) is 0 Å². The predicted octanol–water partition coefficient (Wildman–Crippen LogP) is 2.39. The lowest BCUT2D eigenvalue weighted by atomic mass is 10.3. The zero-order valence-electron chi connectivity index (χ0n) is 11.3. The molecule has 0 aliphatic heterocycles. The molecule has 0 bridgehead atoms. The lowest BCUT2D eigenvalue weighted by Crippen LogP contribution is -2.16. The summed E-state index contributed by atoms with van der Waals surface area (Å²) in [4.78, 5) is 27.4. The first kappa shape index (κ1) is 14.3. The Kier molecular flexibility index (Phi) is 4.19. The van der Waals surface area contributed by atoms with E-state index in [2.05, 4.69) is 10.3 Å². The van der Waals surface area contributed by atoms with Crippen LogP contribution in [0.2, 0.25) is 0 Å². The van der Waals surface area contributed by atoms with Crippen LogP contribution in [0, 0.1) is 0 Å². The van der Waals surface area contributed by atoms with Crippen LogP contribution >= 0.6 is 11.3 Å². The second-order valence-corrected chi connectivity index (χ2v) is 5.26. The van der Waals surface area contributed by atoms with E-state index in [9.17, 15) is 9.59 Å². The van der Waals surface area contributed by atoms with Crippen LogP contribution in [0.15, 0.2) is 17.6 Å². The minimum absolute atomic E-state index is 0.125. The molecule has 0 fully saturated rings. The standard InChI is InChI=1S/C13H16N4O2S/c1-3-4-17-6-9(14)5-11(17)12(19)16-13-15-10(7-20-13)8(2)18/h5-7H,3-4,14H2,1-2H3,(H,15,16,19). The molecule has 0 spiro atoms. The van der Waals surface area contributed by atoms with Crippen molar-refractivity contribution in [2.24, 2.45) is 0 Å². The Morgan fingerprint density at radius 2 is 2.25 bits per heavy atom. The van der Waals surface area contributed by atoms with E-state index >= 15 is 0 Å². The first-order valence-corrected chi connectivity index (χ1v) is 7.12. The van der Waals surface area contributed by atoms with Crippen molar-refractivity contribution in [1.82, 2.24) is 9.55 Å². The number of thiazole rings is 1. The molecule has 2 aromatic rings. The Morgan fingerprint density at radius 3 is 2.85 bits per heavy atom. The van der Waals surface area contributed by atoms with Crippen molar-refractivity contribution in [3.05, 3.63) is 29.0 Å². The van der Waals surface area contributed by atoms with E-state index in [1.165, 1.54) is 18.3 Å². The Labute approximate surface area is 120 Å². The van der Waals surface area contributed by atoms with E-state index in [1.54, 1.807) is 17.6 Å². The van der Waals surface area contributed by atoms with Gasteiger partial charge in [0.05, 0.1) is 5.69 Å². The highest BCUT2D eigenvalue weighted by Gasteiger charge is 2.15. The number of hydrogen-bond donors (Lipinski definition) is 2. The molecular weight excluding hydrogens is 276 g/mol. The number of nitrogens with one attached hydrogen (secondary N) is 1. The van der Waals surface area contributed by atoms with Crippen LogP contribution in [0.1, 0.15) is 41.2 Å². The molecular formula is C13H16N4O2S. The average Bonchev–Trinajstić information content (AvgIpc) is 2.97. The minimum Gasteiger partial charge on any atom is -0.397 e. The molecule has 0 saturated carbocycles.